The first-order valence-corrected chi connectivity index (χ1v) is 8.72. The first-order chi connectivity index (χ1) is 10.2. The summed E-state index contributed by atoms with van der Waals surface area (Å²) in [6, 6.07) is 0.684. The minimum absolute atomic E-state index is 0.298. The Morgan fingerprint density at radius 2 is 2.24 bits per heavy atom. The van der Waals surface area contributed by atoms with Crippen molar-refractivity contribution in [1.82, 2.24) is 10.2 Å². The lowest BCUT2D eigenvalue weighted by atomic mass is 9.85. The van der Waals surface area contributed by atoms with Crippen LogP contribution in [0.5, 0.6) is 0 Å². The van der Waals surface area contributed by atoms with Crippen molar-refractivity contribution in [2.75, 3.05) is 53.1 Å². The highest BCUT2D eigenvalue weighted by Gasteiger charge is 2.40. The van der Waals surface area contributed by atoms with Gasteiger partial charge in [0.05, 0.1) is 13.2 Å². The minimum atomic E-state index is 0.298. The van der Waals surface area contributed by atoms with Crippen molar-refractivity contribution >= 4 is 0 Å². The van der Waals surface area contributed by atoms with Crippen LogP contribution in [0.15, 0.2) is 0 Å². The van der Waals surface area contributed by atoms with E-state index in [-0.39, 0.29) is 0 Å². The number of hydrogen-bond acceptors (Lipinski definition) is 4. The molecule has 0 aromatic heterocycles. The molecule has 1 aliphatic carbocycles. The second-order valence-electron chi connectivity index (χ2n) is 7.02. The summed E-state index contributed by atoms with van der Waals surface area (Å²) in [5, 5.41) is 3.63. The zero-order valence-electron chi connectivity index (χ0n) is 14.2. The van der Waals surface area contributed by atoms with Gasteiger partial charge in [-0.1, -0.05) is 6.92 Å². The largest absolute Gasteiger partial charge is 0.383 e. The summed E-state index contributed by atoms with van der Waals surface area (Å²) in [4.78, 5) is 2.66. The highest BCUT2D eigenvalue weighted by atomic mass is 16.5. The average Bonchev–Trinajstić information content (AvgIpc) is 3.24. The van der Waals surface area contributed by atoms with Crippen molar-refractivity contribution in [3.63, 3.8) is 0 Å². The summed E-state index contributed by atoms with van der Waals surface area (Å²) >= 11 is 0. The number of methoxy groups -OCH3 is 1. The number of rotatable bonds is 11. The van der Waals surface area contributed by atoms with Crippen LogP contribution in [-0.4, -0.2) is 64.1 Å². The Bertz CT molecular complexity index is 289. The predicted octanol–water partition coefficient (Wildman–Crippen LogP) is 2.14. The number of nitrogens with zero attached hydrogens (tertiary/aromatic N) is 1. The monoisotopic (exact) mass is 298 g/mol. The fourth-order valence-electron chi connectivity index (χ4n) is 3.44. The van der Waals surface area contributed by atoms with E-state index in [0.717, 1.165) is 51.9 Å². The van der Waals surface area contributed by atoms with Crippen LogP contribution in [0.2, 0.25) is 0 Å². The van der Waals surface area contributed by atoms with Crippen molar-refractivity contribution in [2.24, 2.45) is 11.3 Å². The molecule has 0 spiro atoms. The van der Waals surface area contributed by atoms with Crippen LogP contribution in [0.3, 0.4) is 0 Å². The van der Waals surface area contributed by atoms with E-state index in [1.807, 2.05) is 0 Å². The van der Waals surface area contributed by atoms with Crippen molar-refractivity contribution in [1.29, 1.82) is 0 Å². The summed E-state index contributed by atoms with van der Waals surface area (Å²) < 4.78 is 11.1. The van der Waals surface area contributed by atoms with E-state index in [9.17, 15) is 0 Å². The Kier molecular flexibility index (Phi) is 6.93. The molecule has 1 N–H and O–H groups in total. The highest BCUT2D eigenvalue weighted by molar-refractivity contribution is 4.92. The lowest BCUT2D eigenvalue weighted by Crippen LogP contribution is -2.49. The smallest absolute Gasteiger partial charge is 0.0589 e. The van der Waals surface area contributed by atoms with Gasteiger partial charge in [-0.25, -0.2) is 0 Å². The molecule has 124 valence electrons. The molecule has 2 fully saturated rings. The van der Waals surface area contributed by atoms with Crippen LogP contribution >= 0.6 is 0 Å². The minimum Gasteiger partial charge on any atom is -0.383 e. The summed E-state index contributed by atoms with van der Waals surface area (Å²) in [5.74, 6) is 0.907. The molecule has 2 rings (SSSR count). The molecule has 2 unspecified atom stereocenters. The van der Waals surface area contributed by atoms with Gasteiger partial charge < -0.3 is 14.8 Å². The number of hydrogen-bond donors (Lipinski definition) is 1. The van der Waals surface area contributed by atoms with E-state index in [0.29, 0.717) is 11.5 Å². The molecule has 0 radical (unpaired) electrons. The van der Waals surface area contributed by atoms with E-state index < -0.39 is 0 Å². The van der Waals surface area contributed by atoms with Crippen LogP contribution in [0, 0.1) is 11.3 Å². The lowest BCUT2D eigenvalue weighted by molar-refractivity contribution is 0.0607. The van der Waals surface area contributed by atoms with E-state index in [1.54, 1.807) is 7.11 Å². The summed E-state index contributed by atoms with van der Waals surface area (Å²) in [5.41, 5.74) is 0.298. The van der Waals surface area contributed by atoms with Gasteiger partial charge in [0, 0.05) is 44.8 Å². The molecule has 2 aliphatic rings. The van der Waals surface area contributed by atoms with Crippen molar-refractivity contribution in [3.8, 4) is 0 Å². The van der Waals surface area contributed by atoms with E-state index in [2.05, 4.69) is 24.1 Å². The zero-order chi connectivity index (χ0) is 15.1. The summed E-state index contributed by atoms with van der Waals surface area (Å²) in [7, 11) is 1.80. The standard InChI is InChI=1S/C17H34N2O2/c1-4-8-18-12-17(7-10-21-14-17)13-19(9-11-20-3)15(2)16-5-6-16/h15-16,18H,4-14H2,1-3H3. The molecule has 1 heterocycles. The Morgan fingerprint density at radius 3 is 2.81 bits per heavy atom. The van der Waals surface area contributed by atoms with Gasteiger partial charge in [-0.05, 0) is 45.1 Å². The third kappa shape index (κ3) is 5.20. The van der Waals surface area contributed by atoms with Gasteiger partial charge in [-0.2, -0.15) is 0 Å². The molecule has 0 aromatic carbocycles. The number of nitrogens with one attached hydrogen (secondary N) is 1. The van der Waals surface area contributed by atoms with E-state index >= 15 is 0 Å². The molecule has 2 atom stereocenters. The molecule has 4 heteroatoms. The van der Waals surface area contributed by atoms with Crippen LogP contribution in [0.4, 0.5) is 0 Å². The summed E-state index contributed by atoms with van der Waals surface area (Å²) in [6.45, 7) is 11.7. The summed E-state index contributed by atoms with van der Waals surface area (Å²) in [6.07, 6.45) is 5.19. The second kappa shape index (κ2) is 8.47. The second-order valence-corrected chi connectivity index (χ2v) is 7.02. The number of ether oxygens (including phenoxy) is 2. The van der Waals surface area contributed by atoms with Gasteiger partial charge in [0.15, 0.2) is 0 Å². The molecule has 0 amide bonds. The lowest BCUT2D eigenvalue weighted by Gasteiger charge is -2.38. The first-order valence-electron chi connectivity index (χ1n) is 8.72. The highest BCUT2D eigenvalue weighted by Crippen LogP contribution is 2.37. The zero-order valence-corrected chi connectivity index (χ0v) is 14.2. The Balaban J connectivity index is 1.93. The predicted molar refractivity (Wildman–Crippen MR) is 86.7 cm³/mol. The molecule has 4 nitrogen and oxygen atoms in total. The molecular weight excluding hydrogens is 264 g/mol. The average molecular weight is 298 g/mol. The maximum absolute atomic E-state index is 5.75. The molecule has 1 saturated heterocycles. The third-order valence-electron chi connectivity index (χ3n) is 5.11. The van der Waals surface area contributed by atoms with Crippen molar-refractivity contribution in [2.45, 2.75) is 45.6 Å². The first kappa shape index (κ1) is 17.2. The fourth-order valence-corrected chi connectivity index (χ4v) is 3.44. The van der Waals surface area contributed by atoms with Gasteiger partial charge >= 0.3 is 0 Å². The molecule has 1 aliphatic heterocycles. The fraction of sp³-hybridized carbons (Fsp3) is 1.00. The van der Waals surface area contributed by atoms with Crippen LogP contribution in [0.1, 0.15) is 39.5 Å². The van der Waals surface area contributed by atoms with E-state index in [1.165, 1.54) is 25.7 Å². The van der Waals surface area contributed by atoms with Gasteiger partial charge in [0.2, 0.25) is 0 Å². The van der Waals surface area contributed by atoms with Gasteiger partial charge in [-0.3, -0.25) is 4.90 Å². The Labute approximate surface area is 130 Å². The molecule has 1 saturated carbocycles. The van der Waals surface area contributed by atoms with Gasteiger partial charge in [0.25, 0.3) is 0 Å². The van der Waals surface area contributed by atoms with Crippen LogP contribution in [-0.2, 0) is 9.47 Å². The SMILES string of the molecule is CCCNCC1(CN(CCOC)C(C)C2CC2)CCOC1. The molecule has 21 heavy (non-hydrogen) atoms. The van der Waals surface area contributed by atoms with Crippen LogP contribution in [0.25, 0.3) is 0 Å². The van der Waals surface area contributed by atoms with E-state index in [4.69, 9.17) is 9.47 Å². The van der Waals surface area contributed by atoms with Gasteiger partial charge in [0.1, 0.15) is 0 Å². The third-order valence-corrected chi connectivity index (χ3v) is 5.11. The molecular formula is C17H34N2O2. The molecule has 0 aromatic rings. The quantitative estimate of drug-likeness (QED) is 0.593. The maximum Gasteiger partial charge on any atom is 0.0589 e. The Hall–Kier alpha value is -0.160. The maximum atomic E-state index is 5.75. The normalized spacial score (nSPS) is 27.4. The van der Waals surface area contributed by atoms with Crippen LogP contribution < -0.4 is 5.32 Å². The van der Waals surface area contributed by atoms with Crippen molar-refractivity contribution < 1.29 is 9.47 Å². The topological polar surface area (TPSA) is 33.7 Å². The molecule has 0 bridgehead atoms. The van der Waals surface area contributed by atoms with Crippen molar-refractivity contribution in [3.05, 3.63) is 0 Å². The Morgan fingerprint density at radius 1 is 1.43 bits per heavy atom. The van der Waals surface area contributed by atoms with Gasteiger partial charge in [-0.15, -0.1) is 0 Å².